The van der Waals surface area contributed by atoms with E-state index >= 15 is 0 Å². The zero-order valence-corrected chi connectivity index (χ0v) is 10.3. The minimum absolute atomic E-state index is 0.000741. The second kappa shape index (κ2) is 6.33. The van der Waals surface area contributed by atoms with Gasteiger partial charge in [0.25, 0.3) is 0 Å². The van der Waals surface area contributed by atoms with Crippen LogP contribution in [0.3, 0.4) is 0 Å². The molecule has 10 nitrogen and oxygen atoms in total. The molecule has 0 radical (unpaired) electrons. The van der Waals surface area contributed by atoms with Gasteiger partial charge in [-0.2, -0.15) is 0 Å². The van der Waals surface area contributed by atoms with Crippen molar-refractivity contribution in [2.45, 2.75) is 0 Å². The van der Waals surface area contributed by atoms with E-state index in [0.717, 1.165) is 11.1 Å². The number of hydrogen-bond donors (Lipinski definition) is 1. The maximum absolute atomic E-state index is 11.3. The van der Waals surface area contributed by atoms with Crippen LogP contribution in [-0.2, 0) is 19.1 Å². The van der Waals surface area contributed by atoms with Crippen molar-refractivity contribution in [3.05, 3.63) is 16.3 Å². The average Bonchev–Trinajstić information content (AvgIpc) is 2.86. The topological polar surface area (TPSA) is 128 Å². The van der Waals surface area contributed by atoms with Crippen molar-refractivity contribution >= 4 is 23.4 Å². The summed E-state index contributed by atoms with van der Waals surface area (Å²) in [7, 11) is 2.34. The molecule has 1 rings (SSSR count). The smallest absolute Gasteiger partial charge is 0.366 e. The highest BCUT2D eigenvalue weighted by Crippen LogP contribution is 2.24. The number of H-pyrrole nitrogens is 1. The molecular weight excluding hydrogens is 260 g/mol. The zero-order chi connectivity index (χ0) is 14.4. The van der Waals surface area contributed by atoms with Crippen molar-refractivity contribution < 1.29 is 24.0 Å². The molecule has 0 unspecified atom stereocenters. The summed E-state index contributed by atoms with van der Waals surface area (Å²) >= 11 is 0. The predicted molar refractivity (Wildman–Crippen MR) is 61.5 cm³/mol. The summed E-state index contributed by atoms with van der Waals surface area (Å²) in [5.74, 6) is -1.73. The number of carbonyl (C=O) groups is 2. The number of rotatable bonds is 6. The summed E-state index contributed by atoms with van der Waals surface area (Å²) in [5.41, 5.74) is 0.000741. The van der Waals surface area contributed by atoms with Gasteiger partial charge < -0.3 is 24.5 Å². The van der Waals surface area contributed by atoms with Crippen LogP contribution in [-0.4, -0.2) is 54.4 Å². The molecule has 104 valence electrons. The van der Waals surface area contributed by atoms with E-state index in [1.54, 1.807) is 0 Å². The Balaban J connectivity index is 3.00. The molecular formula is C9H12N4O6. The fraction of sp³-hybridized carbons (Fsp3) is 0.444. The van der Waals surface area contributed by atoms with Gasteiger partial charge in [0.1, 0.15) is 19.3 Å². The number of methoxy groups -OCH3 is 2. The Kier molecular flexibility index (Phi) is 4.80. The number of aromatic amines is 1. The van der Waals surface area contributed by atoms with Crippen LogP contribution in [0.5, 0.6) is 0 Å². The van der Waals surface area contributed by atoms with E-state index in [0.29, 0.717) is 0 Å². The lowest BCUT2D eigenvalue weighted by atomic mass is 10.4. The van der Waals surface area contributed by atoms with Gasteiger partial charge in [0.15, 0.2) is 5.69 Å². The van der Waals surface area contributed by atoms with Crippen LogP contribution in [0.4, 0.5) is 11.5 Å². The molecule has 0 saturated heterocycles. The number of nitrogens with one attached hydrogen (secondary N) is 1. The van der Waals surface area contributed by atoms with Gasteiger partial charge in [-0.3, -0.25) is 9.59 Å². The molecule has 0 aliphatic heterocycles. The molecule has 0 amide bonds. The van der Waals surface area contributed by atoms with Gasteiger partial charge in [0, 0.05) is 0 Å². The molecule has 19 heavy (non-hydrogen) atoms. The van der Waals surface area contributed by atoms with Crippen molar-refractivity contribution in [2.24, 2.45) is 0 Å². The van der Waals surface area contributed by atoms with Crippen LogP contribution in [0.1, 0.15) is 0 Å². The summed E-state index contributed by atoms with van der Waals surface area (Å²) in [6.45, 7) is -0.683. The largest absolute Gasteiger partial charge is 0.468 e. The highest BCUT2D eigenvalue weighted by molar-refractivity contribution is 5.82. The van der Waals surface area contributed by atoms with E-state index < -0.39 is 22.7 Å². The quantitative estimate of drug-likeness (QED) is 0.416. The molecule has 0 aliphatic carbocycles. The van der Waals surface area contributed by atoms with E-state index in [-0.39, 0.29) is 18.8 Å². The molecule has 1 aromatic heterocycles. The van der Waals surface area contributed by atoms with Crippen molar-refractivity contribution in [1.82, 2.24) is 10.2 Å². The van der Waals surface area contributed by atoms with Crippen molar-refractivity contribution in [1.29, 1.82) is 0 Å². The summed E-state index contributed by atoms with van der Waals surface area (Å²) in [4.78, 5) is 33.7. The number of esters is 2. The molecule has 1 heterocycles. The Morgan fingerprint density at radius 3 is 2.32 bits per heavy atom. The van der Waals surface area contributed by atoms with Crippen LogP contribution in [0, 0.1) is 10.1 Å². The monoisotopic (exact) mass is 272 g/mol. The number of ether oxygens (including phenoxy) is 2. The molecule has 10 heteroatoms. The first-order valence-corrected chi connectivity index (χ1v) is 5.06. The first kappa shape index (κ1) is 14.4. The molecule has 0 aromatic carbocycles. The molecule has 0 bridgehead atoms. The first-order chi connectivity index (χ1) is 8.99. The standard InChI is InChI=1S/C9H12N4O6/c1-18-7(14)4-12(5-8(15)19-2)6-3-10-11-9(6)13(16)17/h3H,4-5H2,1-2H3,(H,10,11). The first-order valence-electron chi connectivity index (χ1n) is 5.06. The lowest BCUT2D eigenvalue weighted by Crippen LogP contribution is -2.35. The fourth-order valence-corrected chi connectivity index (χ4v) is 1.31. The Morgan fingerprint density at radius 1 is 1.37 bits per heavy atom. The Morgan fingerprint density at radius 2 is 1.89 bits per heavy atom. The minimum atomic E-state index is -0.704. The fourth-order valence-electron chi connectivity index (χ4n) is 1.31. The second-order valence-electron chi connectivity index (χ2n) is 3.37. The lowest BCUT2D eigenvalue weighted by Gasteiger charge is -2.19. The molecule has 0 saturated carbocycles. The van der Waals surface area contributed by atoms with Crippen LogP contribution in [0.15, 0.2) is 6.20 Å². The van der Waals surface area contributed by atoms with E-state index in [2.05, 4.69) is 19.7 Å². The van der Waals surface area contributed by atoms with Crippen LogP contribution in [0.25, 0.3) is 0 Å². The van der Waals surface area contributed by atoms with E-state index in [9.17, 15) is 19.7 Å². The molecule has 1 N–H and O–H groups in total. The number of anilines is 1. The Bertz CT molecular complexity index is 467. The maximum atomic E-state index is 11.3. The molecule has 0 atom stereocenters. The maximum Gasteiger partial charge on any atom is 0.366 e. The molecule has 0 aliphatic rings. The van der Waals surface area contributed by atoms with E-state index in [4.69, 9.17) is 0 Å². The molecule has 0 fully saturated rings. The number of hydrogen-bond acceptors (Lipinski definition) is 8. The summed E-state index contributed by atoms with van der Waals surface area (Å²) in [5, 5.41) is 16.5. The van der Waals surface area contributed by atoms with Gasteiger partial charge in [0.05, 0.1) is 14.2 Å². The summed E-state index contributed by atoms with van der Waals surface area (Å²) in [6, 6.07) is 0. The van der Waals surface area contributed by atoms with Gasteiger partial charge >= 0.3 is 17.8 Å². The van der Waals surface area contributed by atoms with Gasteiger partial charge in [-0.1, -0.05) is 5.10 Å². The van der Waals surface area contributed by atoms with E-state index in [1.807, 2.05) is 0 Å². The molecule has 0 spiro atoms. The van der Waals surface area contributed by atoms with Gasteiger partial charge in [-0.15, -0.1) is 5.10 Å². The average molecular weight is 272 g/mol. The minimum Gasteiger partial charge on any atom is -0.468 e. The van der Waals surface area contributed by atoms with Crippen LogP contribution >= 0.6 is 0 Å². The number of nitro groups is 1. The molecule has 1 aromatic rings. The van der Waals surface area contributed by atoms with Gasteiger partial charge in [-0.25, -0.2) is 0 Å². The second-order valence-corrected chi connectivity index (χ2v) is 3.37. The predicted octanol–water partition coefficient (Wildman–Crippen LogP) is -0.530. The third-order valence-electron chi connectivity index (χ3n) is 2.22. The normalized spacial score (nSPS) is 9.79. The third kappa shape index (κ3) is 3.66. The van der Waals surface area contributed by atoms with Gasteiger partial charge in [-0.05, 0) is 4.92 Å². The SMILES string of the molecule is COC(=O)CN(CC(=O)OC)c1cn[nH]c1[N+](=O)[O-]. The van der Waals surface area contributed by atoms with Crippen molar-refractivity contribution in [3.63, 3.8) is 0 Å². The number of nitrogens with zero attached hydrogens (tertiary/aromatic N) is 3. The van der Waals surface area contributed by atoms with Crippen LogP contribution < -0.4 is 4.90 Å². The van der Waals surface area contributed by atoms with Gasteiger partial charge in [0.2, 0.25) is 0 Å². The number of carbonyl (C=O) groups excluding carboxylic acids is 2. The van der Waals surface area contributed by atoms with Crippen molar-refractivity contribution in [2.75, 3.05) is 32.2 Å². The van der Waals surface area contributed by atoms with Crippen molar-refractivity contribution in [3.8, 4) is 0 Å². The van der Waals surface area contributed by atoms with E-state index in [1.165, 1.54) is 14.2 Å². The summed E-state index contributed by atoms with van der Waals surface area (Å²) < 4.78 is 8.92. The van der Waals surface area contributed by atoms with Crippen LogP contribution in [0.2, 0.25) is 0 Å². The third-order valence-corrected chi connectivity index (χ3v) is 2.22. The lowest BCUT2D eigenvalue weighted by molar-refractivity contribution is -0.388. The Hall–Kier alpha value is -2.65. The highest BCUT2D eigenvalue weighted by atomic mass is 16.6. The summed E-state index contributed by atoms with van der Waals surface area (Å²) in [6.07, 6.45) is 1.14. The zero-order valence-electron chi connectivity index (χ0n) is 10.3. The highest BCUT2D eigenvalue weighted by Gasteiger charge is 2.25. The Labute approximate surface area is 107 Å². The number of aromatic nitrogens is 2.